The van der Waals surface area contributed by atoms with Crippen LogP contribution in [0, 0.1) is 10.8 Å². The molecule has 5 nitrogen and oxygen atoms in total. The highest BCUT2D eigenvalue weighted by Crippen LogP contribution is 2.53. The zero-order valence-corrected chi connectivity index (χ0v) is 14.6. The minimum Gasteiger partial charge on any atom is -0.478 e. The maximum Gasteiger partial charge on any atom is 0.335 e. The molecular weight excluding hydrogens is 314 g/mol. The molecule has 0 aromatic heterocycles. The van der Waals surface area contributed by atoms with Crippen molar-refractivity contribution in [2.45, 2.75) is 51.0 Å². The van der Waals surface area contributed by atoms with E-state index in [1.54, 1.807) is 4.31 Å². The molecule has 2 bridgehead atoms. The molecule has 1 aromatic carbocycles. The first-order chi connectivity index (χ1) is 10.5. The lowest BCUT2D eigenvalue weighted by Crippen LogP contribution is -2.37. The summed E-state index contributed by atoms with van der Waals surface area (Å²) in [6.45, 7) is 7.06. The molecule has 1 N–H and O–H groups in total. The van der Waals surface area contributed by atoms with E-state index in [0.29, 0.717) is 6.54 Å². The molecule has 0 unspecified atom stereocenters. The van der Waals surface area contributed by atoms with Crippen LogP contribution in [0.2, 0.25) is 0 Å². The monoisotopic (exact) mass is 337 g/mol. The summed E-state index contributed by atoms with van der Waals surface area (Å²) in [5.41, 5.74) is 0.133. The lowest BCUT2D eigenvalue weighted by molar-refractivity contribution is 0.0696. The van der Waals surface area contributed by atoms with Crippen molar-refractivity contribution in [1.82, 2.24) is 4.31 Å². The van der Waals surface area contributed by atoms with Crippen molar-refractivity contribution in [2.75, 3.05) is 6.54 Å². The standard InChI is InChI=1S/C17H23NO4S/c1-16(2)8-13-9-17(3,10-16)11-18(13)23(21,22)14-6-4-5-12(7-14)15(19)20/h4-7,13H,8-11H2,1-3H3,(H,19,20)/t13-,17+/m0/s1. The Morgan fingerprint density at radius 3 is 2.61 bits per heavy atom. The molecule has 126 valence electrons. The Labute approximate surface area is 137 Å². The Morgan fingerprint density at radius 1 is 1.26 bits per heavy atom. The Bertz CT molecular complexity index is 756. The van der Waals surface area contributed by atoms with Gasteiger partial charge >= 0.3 is 5.97 Å². The van der Waals surface area contributed by atoms with Gasteiger partial charge in [-0.1, -0.05) is 26.8 Å². The van der Waals surface area contributed by atoms with Crippen LogP contribution in [0.25, 0.3) is 0 Å². The highest BCUT2D eigenvalue weighted by atomic mass is 32.2. The average Bonchev–Trinajstić information content (AvgIpc) is 2.68. The quantitative estimate of drug-likeness (QED) is 0.920. The smallest absolute Gasteiger partial charge is 0.335 e. The molecule has 0 spiro atoms. The number of carboxylic acids is 1. The number of fused-ring (bicyclic) bond motifs is 2. The van der Waals surface area contributed by atoms with Crippen molar-refractivity contribution in [1.29, 1.82) is 0 Å². The molecule has 1 heterocycles. The van der Waals surface area contributed by atoms with E-state index in [1.807, 2.05) is 0 Å². The van der Waals surface area contributed by atoms with Gasteiger partial charge in [0.25, 0.3) is 0 Å². The van der Waals surface area contributed by atoms with Crippen LogP contribution in [0.3, 0.4) is 0 Å². The molecule has 23 heavy (non-hydrogen) atoms. The summed E-state index contributed by atoms with van der Waals surface area (Å²) in [7, 11) is -3.67. The first-order valence-corrected chi connectivity index (χ1v) is 9.32. The van der Waals surface area contributed by atoms with Crippen LogP contribution in [0.1, 0.15) is 50.4 Å². The zero-order chi connectivity index (χ0) is 17.0. The number of carbonyl (C=O) groups is 1. The molecule has 3 rings (SSSR count). The van der Waals surface area contributed by atoms with Crippen LogP contribution in [0.15, 0.2) is 29.2 Å². The third-order valence-corrected chi connectivity index (χ3v) is 6.95. The molecule has 0 amide bonds. The minimum atomic E-state index is -3.67. The van der Waals surface area contributed by atoms with Gasteiger partial charge < -0.3 is 5.11 Å². The Morgan fingerprint density at radius 2 is 1.96 bits per heavy atom. The van der Waals surface area contributed by atoms with Gasteiger partial charge in [-0.15, -0.1) is 0 Å². The van der Waals surface area contributed by atoms with Crippen molar-refractivity contribution < 1.29 is 18.3 Å². The second kappa shape index (κ2) is 5.05. The van der Waals surface area contributed by atoms with Gasteiger partial charge in [-0.2, -0.15) is 4.31 Å². The maximum atomic E-state index is 13.0. The number of carboxylic acid groups (broad SMARTS) is 1. The number of benzene rings is 1. The molecule has 1 aromatic rings. The maximum absolute atomic E-state index is 13.0. The third-order valence-electron chi connectivity index (χ3n) is 5.05. The number of nitrogens with zero attached hydrogens (tertiary/aromatic N) is 1. The van der Waals surface area contributed by atoms with Crippen LogP contribution in [-0.4, -0.2) is 36.4 Å². The van der Waals surface area contributed by atoms with E-state index in [-0.39, 0.29) is 27.3 Å². The SMILES string of the molecule is CC1(C)C[C@H]2C[C@@](C)(CN2S(=O)(=O)c2cccc(C(=O)O)c2)C1. The Kier molecular flexibility index (Phi) is 3.61. The molecular formula is C17H23NO4S. The van der Waals surface area contributed by atoms with Gasteiger partial charge in [-0.05, 0) is 48.3 Å². The number of hydrogen-bond donors (Lipinski definition) is 1. The topological polar surface area (TPSA) is 74.7 Å². The summed E-state index contributed by atoms with van der Waals surface area (Å²) in [5.74, 6) is -1.12. The fourth-order valence-electron chi connectivity index (χ4n) is 4.61. The van der Waals surface area contributed by atoms with E-state index in [2.05, 4.69) is 20.8 Å². The van der Waals surface area contributed by atoms with E-state index in [4.69, 9.17) is 5.11 Å². The largest absolute Gasteiger partial charge is 0.478 e. The fourth-order valence-corrected chi connectivity index (χ4v) is 6.43. The van der Waals surface area contributed by atoms with Crippen molar-refractivity contribution in [3.8, 4) is 0 Å². The number of aromatic carboxylic acids is 1. The summed E-state index contributed by atoms with van der Waals surface area (Å²) in [5, 5.41) is 9.09. The van der Waals surface area contributed by atoms with E-state index < -0.39 is 16.0 Å². The molecule has 1 saturated carbocycles. The fraction of sp³-hybridized carbons (Fsp3) is 0.588. The second-order valence-corrected chi connectivity index (χ2v) is 9.99. The van der Waals surface area contributed by atoms with Gasteiger partial charge in [0.05, 0.1) is 10.5 Å². The van der Waals surface area contributed by atoms with E-state index in [0.717, 1.165) is 19.3 Å². The van der Waals surface area contributed by atoms with E-state index >= 15 is 0 Å². The van der Waals surface area contributed by atoms with Crippen LogP contribution < -0.4 is 0 Å². The van der Waals surface area contributed by atoms with Crippen LogP contribution >= 0.6 is 0 Å². The Balaban J connectivity index is 1.98. The van der Waals surface area contributed by atoms with Gasteiger partial charge in [-0.3, -0.25) is 0 Å². The molecule has 1 saturated heterocycles. The van der Waals surface area contributed by atoms with Gasteiger partial charge in [0, 0.05) is 12.6 Å². The second-order valence-electron chi connectivity index (χ2n) is 8.10. The summed E-state index contributed by atoms with van der Waals surface area (Å²) in [6, 6.07) is 5.64. The number of hydrogen-bond acceptors (Lipinski definition) is 3. The predicted octanol–water partition coefficient (Wildman–Crippen LogP) is 2.97. The first-order valence-electron chi connectivity index (χ1n) is 7.88. The lowest BCUT2D eigenvalue weighted by Gasteiger charge is -2.39. The third kappa shape index (κ3) is 2.90. The van der Waals surface area contributed by atoms with Crippen LogP contribution in [0.5, 0.6) is 0 Å². The van der Waals surface area contributed by atoms with Crippen molar-refractivity contribution in [2.24, 2.45) is 10.8 Å². The van der Waals surface area contributed by atoms with Crippen LogP contribution in [-0.2, 0) is 10.0 Å². The summed E-state index contributed by atoms with van der Waals surface area (Å²) in [6.07, 6.45) is 2.74. The summed E-state index contributed by atoms with van der Waals surface area (Å²) < 4.78 is 27.7. The van der Waals surface area contributed by atoms with Crippen LogP contribution in [0.4, 0.5) is 0 Å². The summed E-state index contributed by atoms with van der Waals surface area (Å²) >= 11 is 0. The molecule has 2 atom stereocenters. The van der Waals surface area contributed by atoms with Crippen molar-refractivity contribution in [3.63, 3.8) is 0 Å². The minimum absolute atomic E-state index is 0.000199. The molecule has 2 aliphatic rings. The Hall–Kier alpha value is -1.40. The number of rotatable bonds is 3. The number of sulfonamides is 1. The first kappa shape index (κ1) is 16.5. The molecule has 1 aliphatic carbocycles. The summed E-state index contributed by atoms with van der Waals surface area (Å²) in [4.78, 5) is 11.2. The van der Waals surface area contributed by atoms with Gasteiger partial charge in [0.1, 0.15) is 0 Å². The lowest BCUT2D eigenvalue weighted by atomic mass is 9.65. The van der Waals surface area contributed by atoms with Gasteiger partial charge in [0.15, 0.2) is 0 Å². The van der Waals surface area contributed by atoms with Gasteiger partial charge in [0.2, 0.25) is 10.0 Å². The highest BCUT2D eigenvalue weighted by Gasteiger charge is 2.53. The molecule has 6 heteroatoms. The predicted molar refractivity (Wildman–Crippen MR) is 86.8 cm³/mol. The molecule has 0 radical (unpaired) electrons. The van der Waals surface area contributed by atoms with Crippen molar-refractivity contribution >= 4 is 16.0 Å². The zero-order valence-electron chi connectivity index (χ0n) is 13.7. The highest BCUT2D eigenvalue weighted by molar-refractivity contribution is 7.89. The molecule has 1 aliphatic heterocycles. The molecule has 2 fully saturated rings. The van der Waals surface area contributed by atoms with Crippen molar-refractivity contribution in [3.05, 3.63) is 29.8 Å². The van der Waals surface area contributed by atoms with E-state index in [1.165, 1.54) is 24.3 Å². The average molecular weight is 337 g/mol. The van der Waals surface area contributed by atoms with Gasteiger partial charge in [-0.25, -0.2) is 13.2 Å². The normalized spacial score (nSPS) is 30.3. The van der Waals surface area contributed by atoms with E-state index in [9.17, 15) is 13.2 Å².